The predicted octanol–water partition coefficient (Wildman–Crippen LogP) is 4.15. The first-order valence-electron chi connectivity index (χ1n) is 9.59. The van der Waals surface area contributed by atoms with Gasteiger partial charge in [-0.2, -0.15) is 5.10 Å². The fourth-order valence-electron chi connectivity index (χ4n) is 3.74. The molecule has 0 saturated carbocycles. The van der Waals surface area contributed by atoms with Crippen LogP contribution in [0.5, 0.6) is 0 Å². The van der Waals surface area contributed by atoms with Crippen molar-refractivity contribution in [2.75, 3.05) is 23.3 Å². The summed E-state index contributed by atoms with van der Waals surface area (Å²) in [5, 5.41) is 22.1. The molecule has 1 fully saturated rings. The van der Waals surface area contributed by atoms with Crippen LogP contribution >= 0.6 is 0 Å². The lowest BCUT2D eigenvalue weighted by Crippen LogP contribution is -2.60. The quantitative estimate of drug-likeness (QED) is 0.650. The van der Waals surface area contributed by atoms with Crippen LogP contribution in [-0.4, -0.2) is 39.0 Å². The average molecular weight is 417 g/mol. The lowest BCUT2D eigenvalue weighted by atomic mass is 9.96. The van der Waals surface area contributed by atoms with Gasteiger partial charge in [-0.25, -0.2) is 13.2 Å². The van der Waals surface area contributed by atoms with E-state index in [9.17, 15) is 18.3 Å². The molecule has 0 amide bonds. The van der Waals surface area contributed by atoms with Crippen molar-refractivity contribution in [1.82, 2.24) is 15.2 Å². The SMILES string of the molecule is Cc1nnc(NC(C)c2cccc(C(F)F)c2F)c2cc(N3CC(C)(O)C3)cnc12. The van der Waals surface area contributed by atoms with Gasteiger partial charge in [-0.1, -0.05) is 18.2 Å². The van der Waals surface area contributed by atoms with E-state index in [2.05, 4.69) is 20.5 Å². The number of alkyl halides is 2. The minimum Gasteiger partial charge on any atom is -0.386 e. The van der Waals surface area contributed by atoms with Gasteiger partial charge in [0.15, 0.2) is 5.82 Å². The standard InChI is InChI=1S/C21H22F3N5O/c1-11(14-5-4-6-15(17(14)22)19(23)24)26-20-16-7-13(29-9-21(3,30)10-29)8-25-18(16)12(2)27-28-20/h4-8,11,19,30H,9-10H2,1-3H3,(H,26,28). The number of benzene rings is 1. The Kier molecular flexibility index (Phi) is 5.01. The molecule has 0 spiro atoms. The largest absolute Gasteiger partial charge is 0.386 e. The molecule has 30 heavy (non-hydrogen) atoms. The average Bonchev–Trinajstić information content (AvgIpc) is 2.67. The fraction of sp³-hybridized carbons (Fsp3) is 0.381. The van der Waals surface area contributed by atoms with E-state index in [0.717, 1.165) is 11.8 Å². The summed E-state index contributed by atoms with van der Waals surface area (Å²) in [4.78, 5) is 6.48. The van der Waals surface area contributed by atoms with Crippen molar-refractivity contribution in [3.63, 3.8) is 0 Å². The van der Waals surface area contributed by atoms with Gasteiger partial charge in [0.2, 0.25) is 0 Å². The molecule has 1 aromatic carbocycles. The number of pyridine rings is 1. The molecule has 3 heterocycles. The van der Waals surface area contributed by atoms with Crippen molar-refractivity contribution >= 4 is 22.4 Å². The zero-order chi connectivity index (χ0) is 21.6. The molecule has 4 rings (SSSR count). The van der Waals surface area contributed by atoms with E-state index in [0.29, 0.717) is 35.5 Å². The molecule has 2 N–H and O–H groups in total. The highest BCUT2D eigenvalue weighted by Crippen LogP contribution is 2.33. The van der Waals surface area contributed by atoms with Gasteiger partial charge in [0.1, 0.15) is 5.82 Å². The topological polar surface area (TPSA) is 74.2 Å². The van der Waals surface area contributed by atoms with Crippen molar-refractivity contribution in [2.24, 2.45) is 0 Å². The summed E-state index contributed by atoms with van der Waals surface area (Å²) in [6.45, 7) is 6.20. The van der Waals surface area contributed by atoms with Gasteiger partial charge in [-0.3, -0.25) is 4.98 Å². The van der Waals surface area contributed by atoms with Crippen molar-refractivity contribution in [2.45, 2.75) is 38.8 Å². The monoisotopic (exact) mass is 417 g/mol. The Hall–Kier alpha value is -2.94. The molecule has 1 aliphatic heterocycles. The normalized spacial score (nSPS) is 16.6. The first kappa shape index (κ1) is 20.3. The molecule has 0 bridgehead atoms. The van der Waals surface area contributed by atoms with Crippen LogP contribution in [0.25, 0.3) is 10.9 Å². The molecule has 0 aliphatic carbocycles. The zero-order valence-corrected chi connectivity index (χ0v) is 16.8. The van der Waals surface area contributed by atoms with E-state index in [1.54, 1.807) is 27.0 Å². The van der Waals surface area contributed by atoms with Gasteiger partial charge >= 0.3 is 0 Å². The third-order valence-corrected chi connectivity index (χ3v) is 5.31. The number of rotatable bonds is 5. The Bertz CT molecular complexity index is 1100. The first-order chi connectivity index (χ1) is 14.2. The Balaban J connectivity index is 1.69. The molecular formula is C21H22F3N5O. The summed E-state index contributed by atoms with van der Waals surface area (Å²) >= 11 is 0. The first-order valence-corrected chi connectivity index (χ1v) is 9.59. The second-order valence-corrected chi connectivity index (χ2v) is 7.99. The van der Waals surface area contributed by atoms with Gasteiger partial charge in [0.05, 0.1) is 40.3 Å². The molecule has 6 nitrogen and oxygen atoms in total. The molecule has 1 aliphatic rings. The van der Waals surface area contributed by atoms with E-state index in [4.69, 9.17) is 0 Å². The fourth-order valence-corrected chi connectivity index (χ4v) is 3.74. The Morgan fingerprint density at radius 2 is 1.90 bits per heavy atom. The molecule has 1 unspecified atom stereocenters. The van der Waals surface area contributed by atoms with Crippen molar-refractivity contribution in [1.29, 1.82) is 0 Å². The van der Waals surface area contributed by atoms with Crippen LogP contribution in [0.1, 0.15) is 43.1 Å². The summed E-state index contributed by atoms with van der Waals surface area (Å²) in [6, 6.07) is 5.22. The summed E-state index contributed by atoms with van der Waals surface area (Å²) in [5.74, 6) is -0.551. The number of hydrogen-bond donors (Lipinski definition) is 2. The third kappa shape index (κ3) is 3.65. The van der Waals surface area contributed by atoms with Crippen LogP contribution in [0.2, 0.25) is 0 Å². The maximum Gasteiger partial charge on any atom is 0.266 e. The van der Waals surface area contributed by atoms with Crippen molar-refractivity contribution < 1.29 is 18.3 Å². The van der Waals surface area contributed by atoms with Gasteiger partial charge in [-0.15, -0.1) is 5.10 Å². The number of halogens is 3. The van der Waals surface area contributed by atoms with Gasteiger partial charge in [0, 0.05) is 24.0 Å². The van der Waals surface area contributed by atoms with E-state index in [-0.39, 0.29) is 5.56 Å². The van der Waals surface area contributed by atoms with E-state index < -0.39 is 29.4 Å². The smallest absolute Gasteiger partial charge is 0.266 e. The summed E-state index contributed by atoms with van der Waals surface area (Å²) in [5.41, 5.74) is 0.849. The van der Waals surface area contributed by atoms with Crippen LogP contribution < -0.4 is 10.2 Å². The highest BCUT2D eigenvalue weighted by Gasteiger charge is 2.36. The number of fused-ring (bicyclic) bond motifs is 1. The Labute approximate surface area is 171 Å². The number of nitrogens with one attached hydrogen (secondary N) is 1. The van der Waals surface area contributed by atoms with Crippen molar-refractivity contribution in [3.05, 3.63) is 53.1 Å². The second kappa shape index (κ2) is 7.39. The lowest BCUT2D eigenvalue weighted by molar-refractivity contribution is 0.0310. The molecular weight excluding hydrogens is 395 g/mol. The molecule has 3 aromatic rings. The molecule has 2 aromatic heterocycles. The summed E-state index contributed by atoms with van der Waals surface area (Å²) in [7, 11) is 0. The molecule has 9 heteroatoms. The second-order valence-electron chi connectivity index (χ2n) is 7.99. The highest BCUT2D eigenvalue weighted by molar-refractivity contribution is 5.92. The number of nitrogens with zero attached hydrogens (tertiary/aromatic N) is 4. The van der Waals surface area contributed by atoms with Gasteiger partial charge in [-0.05, 0) is 26.8 Å². The highest BCUT2D eigenvalue weighted by atomic mass is 19.3. The summed E-state index contributed by atoms with van der Waals surface area (Å²) < 4.78 is 40.7. The molecule has 1 saturated heterocycles. The number of anilines is 2. The minimum absolute atomic E-state index is 0.117. The number of hydrogen-bond acceptors (Lipinski definition) is 6. The van der Waals surface area contributed by atoms with Gasteiger partial charge < -0.3 is 15.3 Å². The van der Waals surface area contributed by atoms with E-state index >= 15 is 0 Å². The van der Waals surface area contributed by atoms with Crippen LogP contribution in [0.4, 0.5) is 24.7 Å². The maximum atomic E-state index is 14.6. The number of aryl methyl sites for hydroxylation is 1. The Morgan fingerprint density at radius 1 is 1.20 bits per heavy atom. The predicted molar refractivity (Wildman–Crippen MR) is 108 cm³/mol. The number of β-amino-alcohol motifs (C(OH)–C–C–N with tert-alkyl or cyclic N) is 1. The van der Waals surface area contributed by atoms with Crippen LogP contribution in [0.3, 0.4) is 0 Å². The Morgan fingerprint density at radius 3 is 2.57 bits per heavy atom. The molecule has 1 atom stereocenters. The van der Waals surface area contributed by atoms with E-state index in [1.165, 1.54) is 12.1 Å². The van der Waals surface area contributed by atoms with Gasteiger partial charge in [0.25, 0.3) is 6.43 Å². The number of aromatic nitrogens is 3. The van der Waals surface area contributed by atoms with E-state index in [1.807, 2.05) is 11.0 Å². The zero-order valence-electron chi connectivity index (χ0n) is 16.8. The third-order valence-electron chi connectivity index (χ3n) is 5.31. The van der Waals surface area contributed by atoms with Crippen molar-refractivity contribution in [3.8, 4) is 0 Å². The van der Waals surface area contributed by atoms with Crippen LogP contribution in [-0.2, 0) is 0 Å². The molecule has 158 valence electrons. The molecule has 0 radical (unpaired) electrons. The number of aliphatic hydroxyl groups is 1. The summed E-state index contributed by atoms with van der Waals surface area (Å²) in [6.07, 6.45) is -1.18. The minimum atomic E-state index is -2.89. The van der Waals surface area contributed by atoms with Crippen LogP contribution in [0, 0.1) is 12.7 Å². The lowest BCUT2D eigenvalue weighted by Gasteiger charge is -2.45. The maximum absolute atomic E-state index is 14.6. The van der Waals surface area contributed by atoms with Crippen LogP contribution in [0.15, 0.2) is 30.5 Å².